The van der Waals surface area contributed by atoms with Crippen LogP contribution in [-0.2, 0) is 11.3 Å². The van der Waals surface area contributed by atoms with E-state index in [4.69, 9.17) is 15.3 Å². The van der Waals surface area contributed by atoms with Gasteiger partial charge in [0.1, 0.15) is 5.75 Å². The molecule has 0 fully saturated rings. The Labute approximate surface area is 142 Å². The van der Waals surface area contributed by atoms with Crippen molar-refractivity contribution in [1.82, 2.24) is 0 Å². The normalized spacial score (nSPS) is 10.5. The van der Waals surface area contributed by atoms with E-state index in [1.807, 2.05) is 30.3 Å². The molecule has 0 amide bonds. The second-order valence-corrected chi connectivity index (χ2v) is 5.84. The van der Waals surface area contributed by atoms with Crippen LogP contribution in [0.4, 0.5) is 0 Å². The fraction of sp³-hybridized carbons (Fsp3) is 0.125. The summed E-state index contributed by atoms with van der Waals surface area (Å²) in [6.07, 6.45) is 0.896. The van der Waals surface area contributed by atoms with E-state index in [-0.39, 0.29) is 0 Å². The molecule has 2 aromatic carbocycles. The molecule has 2 aromatic rings. The zero-order chi connectivity index (χ0) is 15.9. The van der Waals surface area contributed by atoms with Crippen molar-refractivity contribution in [2.75, 3.05) is 7.11 Å². The minimum absolute atomic E-state index is 0.429. The highest BCUT2D eigenvalue weighted by Gasteiger charge is 2.10. The Hall–Kier alpha value is -1.64. The first-order chi connectivity index (χ1) is 10.6. The van der Waals surface area contributed by atoms with Gasteiger partial charge in [-0.05, 0) is 58.6 Å². The summed E-state index contributed by atoms with van der Waals surface area (Å²) in [6, 6.07) is 14.7. The minimum atomic E-state index is -0.429. The van der Waals surface area contributed by atoms with Gasteiger partial charge in [0.2, 0.25) is 0 Å². The standard InChI is InChI=1S/C16H17IN2O3/c1-21-14-8-3-2-5-11(14)10-15(18)19-22-16(20)12-6-4-7-13(17)9-12/h2-9H,10,18-19H2,1H3. The quantitative estimate of drug-likeness (QED) is 0.430. The fourth-order valence-electron chi connectivity index (χ4n) is 1.92. The number of carbonyl (C=O) groups is 1. The zero-order valence-electron chi connectivity index (χ0n) is 12.1. The number of nitrogens with two attached hydrogens (primary N) is 2. The monoisotopic (exact) mass is 412 g/mol. The van der Waals surface area contributed by atoms with Crippen LogP contribution in [0.1, 0.15) is 15.9 Å². The third kappa shape index (κ3) is 4.69. The Balaban J connectivity index is 1.90. The number of para-hydroxylation sites is 1. The highest BCUT2D eigenvalue weighted by Crippen LogP contribution is 2.18. The molecule has 0 aromatic heterocycles. The number of methoxy groups -OCH3 is 1. The molecule has 4 N–H and O–H groups in total. The van der Waals surface area contributed by atoms with Gasteiger partial charge < -0.3 is 15.3 Å². The second-order valence-electron chi connectivity index (χ2n) is 4.60. The van der Waals surface area contributed by atoms with E-state index < -0.39 is 5.97 Å². The molecule has 5 nitrogen and oxygen atoms in total. The van der Waals surface area contributed by atoms with Crippen molar-refractivity contribution in [3.05, 3.63) is 69.4 Å². The molecule has 0 aliphatic rings. The van der Waals surface area contributed by atoms with E-state index in [2.05, 4.69) is 22.6 Å². The molecular formula is C16H17IN2O3. The van der Waals surface area contributed by atoms with Gasteiger partial charge >= 0.3 is 5.97 Å². The molecule has 0 aliphatic heterocycles. The fourth-order valence-corrected chi connectivity index (χ4v) is 2.47. The highest BCUT2D eigenvalue weighted by molar-refractivity contribution is 14.1. The number of halogens is 1. The summed E-state index contributed by atoms with van der Waals surface area (Å²) in [5.74, 6) is 0.323. The lowest BCUT2D eigenvalue weighted by atomic mass is 10.1. The Kier molecular flexibility index (Phi) is 6.17. The number of hydrogen-bond acceptors (Lipinski definition) is 4. The van der Waals surface area contributed by atoms with Crippen molar-refractivity contribution in [2.24, 2.45) is 5.73 Å². The Morgan fingerprint density at radius 2 is 2.05 bits per heavy atom. The Bertz CT molecular complexity index is 649. The van der Waals surface area contributed by atoms with Crippen LogP contribution in [0.25, 0.3) is 0 Å². The molecule has 0 saturated carbocycles. The summed E-state index contributed by atoms with van der Waals surface area (Å²) in [7, 11) is 1.61. The van der Waals surface area contributed by atoms with Crippen LogP contribution >= 0.6 is 22.6 Å². The number of rotatable bonds is 6. The van der Waals surface area contributed by atoms with Crippen molar-refractivity contribution >= 4 is 28.6 Å². The van der Waals surface area contributed by atoms with E-state index in [1.54, 1.807) is 25.3 Å². The molecule has 0 spiro atoms. The predicted octanol–water partition coefficient (Wildman–Crippen LogP) is 1.63. The largest absolute Gasteiger partial charge is 0.497 e. The number of ether oxygens (including phenoxy) is 1. The first kappa shape index (κ1) is 16.7. The van der Waals surface area contributed by atoms with Crippen molar-refractivity contribution < 1.29 is 19.8 Å². The van der Waals surface area contributed by atoms with Gasteiger partial charge in [0.25, 0.3) is 0 Å². The van der Waals surface area contributed by atoms with Gasteiger partial charge in [0.05, 0.1) is 12.7 Å². The van der Waals surface area contributed by atoms with Crippen molar-refractivity contribution in [3.8, 4) is 5.75 Å². The van der Waals surface area contributed by atoms with Crippen LogP contribution in [0.3, 0.4) is 0 Å². The van der Waals surface area contributed by atoms with E-state index in [1.165, 1.54) is 5.48 Å². The average molecular weight is 412 g/mol. The summed E-state index contributed by atoms with van der Waals surface area (Å²) in [5, 5.41) is 0. The second kappa shape index (κ2) is 8.11. The number of quaternary nitrogens is 1. The molecule has 116 valence electrons. The Morgan fingerprint density at radius 1 is 1.27 bits per heavy atom. The predicted molar refractivity (Wildman–Crippen MR) is 90.6 cm³/mol. The van der Waals surface area contributed by atoms with Crippen LogP contribution in [0.5, 0.6) is 5.75 Å². The maximum Gasteiger partial charge on any atom is 0.393 e. The lowest BCUT2D eigenvalue weighted by Gasteiger charge is -2.21. The van der Waals surface area contributed by atoms with Crippen molar-refractivity contribution in [3.63, 3.8) is 0 Å². The summed E-state index contributed by atoms with van der Waals surface area (Å²) < 4.78 is 6.23. The molecule has 0 bridgehead atoms. The third-order valence-corrected chi connectivity index (χ3v) is 3.64. The van der Waals surface area contributed by atoms with E-state index in [9.17, 15) is 4.79 Å². The van der Waals surface area contributed by atoms with Crippen molar-refractivity contribution in [2.45, 2.75) is 6.42 Å². The smallest absolute Gasteiger partial charge is 0.393 e. The average Bonchev–Trinajstić information content (AvgIpc) is 2.53. The summed E-state index contributed by atoms with van der Waals surface area (Å²) in [5.41, 5.74) is 8.63. The SMILES string of the molecule is COc1ccccc1C[C-](N)[NH2+]OC(=O)c1cccc(I)c1. The van der Waals surface area contributed by atoms with Gasteiger partial charge in [0, 0.05) is 3.57 Å². The van der Waals surface area contributed by atoms with Gasteiger partial charge in [-0.3, -0.25) is 5.48 Å². The molecular weight excluding hydrogens is 395 g/mol. The van der Waals surface area contributed by atoms with Crippen molar-refractivity contribution in [1.29, 1.82) is 0 Å². The van der Waals surface area contributed by atoms with Crippen LogP contribution in [0.15, 0.2) is 48.5 Å². The number of benzene rings is 2. The maximum atomic E-state index is 11.9. The highest BCUT2D eigenvalue weighted by atomic mass is 127. The summed E-state index contributed by atoms with van der Waals surface area (Å²) >= 11 is 2.14. The van der Waals surface area contributed by atoms with E-state index in [0.29, 0.717) is 18.2 Å². The molecule has 0 aliphatic carbocycles. The van der Waals surface area contributed by atoms with Crippen LogP contribution < -0.4 is 16.0 Å². The van der Waals surface area contributed by atoms with Gasteiger partial charge in [-0.15, -0.1) is 0 Å². The molecule has 0 heterocycles. The minimum Gasteiger partial charge on any atom is -0.497 e. The molecule has 2 rings (SSSR count). The first-order valence-corrected chi connectivity index (χ1v) is 7.71. The van der Waals surface area contributed by atoms with E-state index >= 15 is 0 Å². The lowest BCUT2D eigenvalue weighted by Crippen LogP contribution is -2.88. The molecule has 0 atom stereocenters. The molecule has 0 unspecified atom stereocenters. The number of hydrogen-bond donors (Lipinski definition) is 2. The maximum absolute atomic E-state index is 11.9. The number of carbonyl (C=O) groups excluding carboxylic acids is 1. The van der Waals surface area contributed by atoms with Gasteiger partial charge in [-0.25, -0.2) is 4.79 Å². The van der Waals surface area contributed by atoms with Gasteiger partial charge in [0.15, 0.2) is 0 Å². The molecule has 0 saturated heterocycles. The zero-order valence-corrected chi connectivity index (χ0v) is 14.2. The lowest BCUT2D eigenvalue weighted by molar-refractivity contribution is -0.860. The van der Waals surface area contributed by atoms with Gasteiger partial charge in [-0.2, -0.15) is 0 Å². The molecule has 6 heteroatoms. The van der Waals surface area contributed by atoms with Crippen LogP contribution in [0.2, 0.25) is 0 Å². The number of hydroxylamine groups is 1. The van der Waals surface area contributed by atoms with E-state index in [0.717, 1.165) is 14.9 Å². The van der Waals surface area contributed by atoms with Crippen LogP contribution in [0, 0.1) is 9.74 Å². The summed E-state index contributed by atoms with van der Waals surface area (Å²) in [4.78, 5) is 17.0. The molecule has 22 heavy (non-hydrogen) atoms. The first-order valence-electron chi connectivity index (χ1n) is 6.63. The summed E-state index contributed by atoms with van der Waals surface area (Å²) in [6.45, 7) is 0. The van der Waals surface area contributed by atoms with Crippen LogP contribution in [-0.4, -0.2) is 13.1 Å². The topological polar surface area (TPSA) is 78.2 Å². The Morgan fingerprint density at radius 3 is 2.77 bits per heavy atom. The van der Waals surface area contributed by atoms with Gasteiger partial charge in [-0.1, -0.05) is 30.7 Å². The third-order valence-electron chi connectivity index (χ3n) is 2.96. The molecule has 0 radical (unpaired) electrons.